The Hall–Kier alpha value is -4.88. The van der Waals surface area contributed by atoms with Gasteiger partial charge >= 0.3 is 5.69 Å². The summed E-state index contributed by atoms with van der Waals surface area (Å²) in [5, 5.41) is 26.9. The Morgan fingerprint density at radius 2 is 1.43 bits per heavy atom. The summed E-state index contributed by atoms with van der Waals surface area (Å²) in [7, 11) is 0. The standard InChI is InChI=1S/C26H29N9O5/c36-34(37)20-11-12-23(21(17-20)35(38)39)40-22-10-4-3-9-19(22)18-27-31-24-28-25(32-13-5-1-6-14-32)30-26(29-24)33-15-7-2-8-16-33/h3-4,9-12,17-18H,1-2,5-8,13-16H2,(H,28,29,30,31)/b27-18-. The van der Waals surface area contributed by atoms with E-state index >= 15 is 0 Å². The van der Waals surface area contributed by atoms with Crippen LogP contribution in [0.25, 0.3) is 0 Å². The number of piperidine rings is 2. The van der Waals surface area contributed by atoms with Crippen molar-refractivity contribution < 1.29 is 14.6 Å². The molecule has 0 unspecified atom stereocenters. The molecule has 0 saturated carbocycles. The first kappa shape index (κ1) is 26.7. The van der Waals surface area contributed by atoms with Gasteiger partial charge < -0.3 is 14.5 Å². The van der Waals surface area contributed by atoms with Gasteiger partial charge in [-0.05, 0) is 56.7 Å². The Kier molecular flexibility index (Phi) is 8.23. The zero-order chi connectivity index (χ0) is 27.9. The van der Waals surface area contributed by atoms with Gasteiger partial charge in [-0.2, -0.15) is 20.1 Å². The van der Waals surface area contributed by atoms with Crippen LogP contribution in [-0.2, 0) is 0 Å². The highest BCUT2D eigenvalue weighted by atomic mass is 16.6. The Morgan fingerprint density at radius 1 is 0.800 bits per heavy atom. The van der Waals surface area contributed by atoms with Crippen LogP contribution in [0.3, 0.4) is 0 Å². The quantitative estimate of drug-likeness (QED) is 0.220. The van der Waals surface area contributed by atoms with Crippen molar-refractivity contribution in [2.75, 3.05) is 41.4 Å². The van der Waals surface area contributed by atoms with Gasteiger partial charge in [0.1, 0.15) is 5.75 Å². The highest BCUT2D eigenvalue weighted by molar-refractivity contribution is 5.84. The minimum absolute atomic E-state index is 0.126. The molecular formula is C26H29N9O5. The summed E-state index contributed by atoms with van der Waals surface area (Å²) in [5.41, 5.74) is 2.51. The van der Waals surface area contributed by atoms with E-state index in [9.17, 15) is 20.2 Å². The number of ether oxygens (including phenoxy) is 1. The predicted octanol–water partition coefficient (Wildman–Crippen LogP) is 4.91. The van der Waals surface area contributed by atoms with E-state index in [1.807, 2.05) is 0 Å². The van der Waals surface area contributed by atoms with E-state index in [0.717, 1.165) is 64.0 Å². The van der Waals surface area contributed by atoms with Gasteiger partial charge in [-0.15, -0.1) is 0 Å². The molecular weight excluding hydrogens is 518 g/mol. The first-order chi connectivity index (χ1) is 19.5. The summed E-state index contributed by atoms with van der Waals surface area (Å²) in [6.07, 6.45) is 8.26. The van der Waals surface area contributed by atoms with Crippen LogP contribution in [0.15, 0.2) is 47.6 Å². The van der Waals surface area contributed by atoms with E-state index in [-0.39, 0.29) is 11.5 Å². The summed E-state index contributed by atoms with van der Waals surface area (Å²) in [6.45, 7) is 3.58. The fourth-order valence-electron chi connectivity index (χ4n) is 4.68. The van der Waals surface area contributed by atoms with Crippen molar-refractivity contribution in [2.45, 2.75) is 38.5 Å². The molecule has 40 heavy (non-hydrogen) atoms. The summed E-state index contributed by atoms with van der Waals surface area (Å²) in [6, 6.07) is 10.1. The SMILES string of the molecule is O=[N+]([O-])c1ccc(Oc2ccccc2/C=N\Nc2nc(N3CCCCC3)nc(N3CCCCC3)n2)c([N+](=O)[O-])c1. The molecule has 2 aliphatic rings. The molecule has 3 heterocycles. The van der Waals surface area contributed by atoms with Crippen molar-refractivity contribution in [2.24, 2.45) is 5.10 Å². The Labute approximate surface area is 230 Å². The van der Waals surface area contributed by atoms with Gasteiger partial charge in [0.25, 0.3) is 5.69 Å². The second-order valence-corrected chi connectivity index (χ2v) is 9.53. The third-order valence-electron chi connectivity index (χ3n) is 6.75. The predicted molar refractivity (Wildman–Crippen MR) is 149 cm³/mol. The van der Waals surface area contributed by atoms with Crippen molar-refractivity contribution in [3.8, 4) is 11.5 Å². The van der Waals surface area contributed by atoms with E-state index in [2.05, 4.69) is 30.3 Å². The summed E-state index contributed by atoms with van der Waals surface area (Å²) < 4.78 is 5.80. The fraction of sp³-hybridized carbons (Fsp3) is 0.385. The van der Waals surface area contributed by atoms with Gasteiger partial charge in [0.05, 0.1) is 22.1 Å². The zero-order valence-corrected chi connectivity index (χ0v) is 21.8. The van der Waals surface area contributed by atoms with Crippen LogP contribution in [0.1, 0.15) is 44.1 Å². The highest BCUT2D eigenvalue weighted by Gasteiger charge is 2.22. The first-order valence-corrected chi connectivity index (χ1v) is 13.2. The number of hydrazone groups is 1. The lowest BCUT2D eigenvalue weighted by Gasteiger charge is -2.30. The monoisotopic (exact) mass is 547 g/mol. The van der Waals surface area contributed by atoms with Gasteiger partial charge in [-0.1, -0.05) is 12.1 Å². The second kappa shape index (κ2) is 12.3. The third kappa shape index (κ3) is 6.39. The minimum Gasteiger partial charge on any atom is -0.449 e. The van der Waals surface area contributed by atoms with Crippen molar-refractivity contribution >= 4 is 35.4 Å². The number of nitro groups is 2. The van der Waals surface area contributed by atoms with E-state index in [4.69, 9.17) is 9.72 Å². The van der Waals surface area contributed by atoms with Crippen LogP contribution in [0, 0.1) is 20.2 Å². The summed E-state index contributed by atoms with van der Waals surface area (Å²) in [4.78, 5) is 39.5. The molecule has 0 aliphatic carbocycles. The molecule has 0 radical (unpaired) electrons. The molecule has 2 fully saturated rings. The van der Waals surface area contributed by atoms with Gasteiger partial charge in [0.15, 0.2) is 0 Å². The van der Waals surface area contributed by atoms with Gasteiger partial charge in [0.2, 0.25) is 23.6 Å². The molecule has 2 aliphatic heterocycles. The van der Waals surface area contributed by atoms with Gasteiger partial charge in [0, 0.05) is 37.8 Å². The minimum atomic E-state index is -0.721. The number of para-hydroxylation sites is 1. The van der Waals surface area contributed by atoms with Crippen molar-refractivity contribution in [3.05, 3.63) is 68.3 Å². The normalized spacial score (nSPS) is 15.7. The molecule has 1 aromatic heterocycles. The maximum Gasteiger partial charge on any atom is 0.318 e. The lowest BCUT2D eigenvalue weighted by Crippen LogP contribution is -2.34. The Morgan fingerprint density at radius 3 is 2.02 bits per heavy atom. The highest BCUT2D eigenvalue weighted by Crippen LogP contribution is 2.35. The average Bonchev–Trinajstić information content (AvgIpc) is 2.99. The van der Waals surface area contributed by atoms with E-state index in [0.29, 0.717) is 23.4 Å². The maximum absolute atomic E-state index is 11.5. The molecule has 2 saturated heterocycles. The lowest BCUT2D eigenvalue weighted by molar-refractivity contribution is -0.394. The van der Waals surface area contributed by atoms with Gasteiger partial charge in [-0.25, -0.2) is 5.43 Å². The topological polar surface area (TPSA) is 165 Å². The van der Waals surface area contributed by atoms with E-state index < -0.39 is 21.2 Å². The van der Waals surface area contributed by atoms with Crippen molar-refractivity contribution in [3.63, 3.8) is 0 Å². The number of rotatable bonds is 9. The smallest absolute Gasteiger partial charge is 0.318 e. The van der Waals surface area contributed by atoms with Crippen LogP contribution >= 0.6 is 0 Å². The molecule has 0 bridgehead atoms. The molecule has 0 atom stereocenters. The number of nitrogens with zero attached hydrogens (tertiary/aromatic N) is 8. The van der Waals surface area contributed by atoms with Crippen molar-refractivity contribution in [1.29, 1.82) is 0 Å². The number of hydrogen-bond acceptors (Lipinski definition) is 12. The van der Waals surface area contributed by atoms with E-state index in [1.54, 1.807) is 24.3 Å². The Bertz CT molecular complexity index is 1370. The number of aromatic nitrogens is 3. The van der Waals surface area contributed by atoms with E-state index in [1.165, 1.54) is 25.1 Å². The average molecular weight is 548 g/mol. The zero-order valence-electron chi connectivity index (χ0n) is 21.8. The number of nitro benzene ring substituents is 2. The summed E-state index contributed by atoms with van der Waals surface area (Å²) >= 11 is 0. The molecule has 208 valence electrons. The molecule has 0 amide bonds. The molecule has 2 aromatic carbocycles. The molecule has 3 aromatic rings. The Balaban J connectivity index is 1.37. The molecule has 5 rings (SSSR count). The number of hydrogen-bond donors (Lipinski definition) is 1. The molecule has 14 heteroatoms. The van der Waals surface area contributed by atoms with Crippen LogP contribution in [0.2, 0.25) is 0 Å². The largest absolute Gasteiger partial charge is 0.449 e. The number of benzene rings is 2. The fourth-order valence-corrected chi connectivity index (χ4v) is 4.68. The van der Waals surface area contributed by atoms with Gasteiger partial charge in [-0.3, -0.25) is 20.2 Å². The van der Waals surface area contributed by atoms with Crippen LogP contribution < -0.4 is 20.0 Å². The molecule has 1 N–H and O–H groups in total. The molecule has 14 nitrogen and oxygen atoms in total. The maximum atomic E-state index is 11.5. The van der Waals surface area contributed by atoms with Crippen LogP contribution in [0.5, 0.6) is 11.5 Å². The number of anilines is 3. The van der Waals surface area contributed by atoms with Crippen molar-refractivity contribution in [1.82, 2.24) is 15.0 Å². The lowest BCUT2D eigenvalue weighted by atomic mass is 10.1. The summed E-state index contributed by atoms with van der Waals surface area (Å²) in [5.74, 6) is 1.73. The third-order valence-corrected chi connectivity index (χ3v) is 6.75. The first-order valence-electron chi connectivity index (χ1n) is 13.2. The van der Waals surface area contributed by atoms with Crippen LogP contribution in [-0.4, -0.2) is 57.2 Å². The number of non-ortho nitro benzene ring substituents is 1. The number of nitrogens with one attached hydrogen (secondary N) is 1. The second-order valence-electron chi connectivity index (χ2n) is 9.53. The van der Waals surface area contributed by atoms with Crippen LogP contribution in [0.4, 0.5) is 29.2 Å². The molecule has 0 spiro atoms.